The monoisotopic (exact) mass is 716 g/mol. The van der Waals surface area contributed by atoms with Crippen molar-refractivity contribution in [3.05, 3.63) is 45.4 Å². The van der Waals surface area contributed by atoms with Crippen molar-refractivity contribution in [3.63, 3.8) is 0 Å². The molecule has 3 aromatic rings. The Bertz CT molecular complexity index is 1520. The maximum atomic E-state index is 12.8. The molecular weight excluding hydrogens is 695 g/mol. The number of anilines is 3. The number of aryl methyl sites for hydroxylation is 2. The van der Waals surface area contributed by atoms with E-state index in [0.29, 0.717) is 15.6 Å². The fraction of sp³-hybridized carbons (Fsp3) is 0.292. The number of nitrogens with two attached hydrogens (primary N) is 1. The van der Waals surface area contributed by atoms with Gasteiger partial charge in [0.1, 0.15) is 9.71 Å². The number of alkyl halides is 9. The van der Waals surface area contributed by atoms with Crippen molar-refractivity contribution in [2.75, 3.05) is 30.0 Å². The van der Waals surface area contributed by atoms with Gasteiger partial charge in [-0.15, -0.1) is 11.3 Å². The molecule has 2 heterocycles. The summed E-state index contributed by atoms with van der Waals surface area (Å²) in [6.45, 7) is 3.74. The number of carbonyl (C=O) groups excluding carboxylic acids is 1. The molecule has 46 heavy (non-hydrogen) atoms. The number of benzene rings is 1. The van der Waals surface area contributed by atoms with Gasteiger partial charge in [0.2, 0.25) is 0 Å². The number of rotatable bonds is 3. The van der Waals surface area contributed by atoms with Gasteiger partial charge >= 0.3 is 36.4 Å². The molecule has 0 bridgehead atoms. The number of thiophene rings is 1. The highest BCUT2D eigenvalue weighted by molar-refractivity contribution is 7.21. The van der Waals surface area contributed by atoms with Crippen LogP contribution in [0.1, 0.15) is 20.9 Å². The first-order valence-electron chi connectivity index (χ1n) is 11.5. The molecule has 1 aromatic carbocycles. The lowest BCUT2D eigenvalue weighted by molar-refractivity contribution is -0.193. The molecule has 256 valence electrons. The number of nitrogen functional groups attached to an aromatic ring is 1. The van der Waals surface area contributed by atoms with Crippen molar-refractivity contribution in [2.24, 2.45) is 0 Å². The quantitative estimate of drug-likeness (QED) is 0.191. The van der Waals surface area contributed by atoms with Crippen LogP contribution in [0.3, 0.4) is 0 Å². The minimum Gasteiger partial charge on any atom is -0.475 e. The maximum Gasteiger partial charge on any atom is 0.490 e. The zero-order chi connectivity index (χ0) is 36.5. The number of aromatic nitrogens is 1. The van der Waals surface area contributed by atoms with Gasteiger partial charge in [0.05, 0.1) is 27.8 Å². The van der Waals surface area contributed by atoms with E-state index in [0.717, 1.165) is 32.8 Å². The van der Waals surface area contributed by atoms with Crippen molar-refractivity contribution < 1.29 is 74.0 Å². The van der Waals surface area contributed by atoms with Crippen LogP contribution in [0.25, 0.3) is 10.2 Å². The summed E-state index contributed by atoms with van der Waals surface area (Å²) in [5, 5.41) is 25.7. The third kappa shape index (κ3) is 12.5. The Morgan fingerprint density at radius 2 is 1.24 bits per heavy atom. The number of halogens is 10. The normalized spacial score (nSPS) is 11.1. The van der Waals surface area contributed by atoms with Crippen LogP contribution in [0.15, 0.2) is 24.3 Å². The average molecular weight is 717 g/mol. The lowest BCUT2D eigenvalue weighted by Crippen LogP contribution is -2.21. The standard InChI is InChI=1S/C18H19ClN4OS.3C2HF3O2/c1-9-13-15(20)16(25-18(13)21-10(2)14(9)19)17(24)22-11-7-5-6-8-12(11)23(3)4;3*3-2(4,5)1(6)7/h5-8H,20H2,1-4H3,(H,22,24);3*(H,6,7). The van der Waals surface area contributed by atoms with Gasteiger partial charge in [-0.1, -0.05) is 23.7 Å². The summed E-state index contributed by atoms with van der Waals surface area (Å²) in [6.07, 6.45) is -15.3. The summed E-state index contributed by atoms with van der Waals surface area (Å²) >= 11 is 7.57. The molecular formula is C24H22ClF9N4O7S. The molecule has 0 fully saturated rings. The first-order chi connectivity index (χ1) is 20.6. The second-order valence-corrected chi connectivity index (χ2v) is 9.81. The van der Waals surface area contributed by atoms with Gasteiger partial charge in [0.25, 0.3) is 5.91 Å². The van der Waals surface area contributed by atoms with Gasteiger partial charge in [-0.3, -0.25) is 4.79 Å². The molecule has 0 aliphatic heterocycles. The molecule has 2 aromatic heterocycles. The number of hydrogen-bond donors (Lipinski definition) is 5. The van der Waals surface area contributed by atoms with Crippen LogP contribution >= 0.6 is 22.9 Å². The average Bonchev–Trinajstić information content (AvgIpc) is 3.22. The summed E-state index contributed by atoms with van der Waals surface area (Å²) in [4.78, 5) is 47.1. The number of nitrogens with one attached hydrogen (secondary N) is 1. The van der Waals surface area contributed by atoms with Crippen LogP contribution in [-0.4, -0.2) is 76.7 Å². The SMILES string of the molecule is Cc1nc2sc(C(=O)Nc3ccccc3N(C)C)c(N)c2c(C)c1Cl.O=C(O)C(F)(F)F.O=C(O)C(F)(F)F.O=C(O)C(F)(F)F. The first-order valence-corrected chi connectivity index (χ1v) is 12.7. The molecule has 1 amide bonds. The zero-order valence-electron chi connectivity index (χ0n) is 23.4. The van der Waals surface area contributed by atoms with Crippen LogP contribution < -0.4 is 16.0 Å². The number of carboxylic acid groups (broad SMARTS) is 3. The molecule has 0 saturated carbocycles. The molecule has 0 unspecified atom stereocenters. The lowest BCUT2D eigenvalue weighted by atomic mass is 10.1. The number of pyridine rings is 1. The van der Waals surface area contributed by atoms with Gasteiger partial charge in [-0.2, -0.15) is 39.5 Å². The third-order valence-corrected chi connectivity index (χ3v) is 6.44. The number of para-hydroxylation sites is 2. The number of carbonyl (C=O) groups is 4. The highest BCUT2D eigenvalue weighted by Crippen LogP contribution is 2.38. The van der Waals surface area contributed by atoms with E-state index < -0.39 is 36.4 Å². The highest BCUT2D eigenvalue weighted by atomic mass is 35.5. The van der Waals surface area contributed by atoms with E-state index in [1.54, 1.807) is 0 Å². The van der Waals surface area contributed by atoms with Crippen LogP contribution in [0.2, 0.25) is 5.02 Å². The Morgan fingerprint density at radius 3 is 1.61 bits per heavy atom. The highest BCUT2D eigenvalue weighted by Gasteiger charge is 2.39. The van der Waals surface area contributed by atoms with E-state index in [4.69, 9.17) is 47.0 Å². The molecule has 0 atom stereocenters. The molecule has 0 aliphatic rings. The largest absolute Gasteiger partial charge is 0.490 e. The molecule has 22 heteroatoms. The summed E-state index contributed by atoms with van der Waals surface area (Å²) in [7, 11) is 3.85. The van der Waals surface area contributed by atoms with Gasteiger partial charge in [-0.05, 0) is 31.5 Å². The Hall–Kier alpha value is -4.53. The molecule has 0 aliphatic carbocycles. The Morgan fingerprint density at radius 1 is 0.848 bits per heavy atom. The minimum absolute atomic E-state index is 0.247. The van der Waals surface area contributed by atoms with E-state index in [-0.39, 0.29) is 5.91 Å². The van der Waals surface area contributed by atoms with Crippen molar-refractivity contribution in [1.82, 2.24) is 4.98 Å². The fourth-order valence-electron chi connectivity index (χ4n) is 2.77. The lowest BCUT2D eigenvalue weighted by Gasteiger charge is -2.17. The van der Waals surface area contributed by atoms with E-state index >= 15 is 0 Å². The van der Waals surface area contributed by atoms with Crippen molar-refractivity contribution in [1.29, 1.82) is 0 Å². The predicted molar refractivity (Wildman–Crippen MR) is 148 cm³/mol. The van der Waals surface area contributed by atoms with E-state index in [9.17, 15) is 44.3 Å². The summed E-state index contributed by atoms with van der Waals surface area (Å²) < 4.78 is 95.2. The summed E-state index contributed by atoms with van der Waals surface area (Å²) in [6, 6.07) is 7.61. The molecule has 0 radical (unpaired) electrons. The summed E-state index contributed by atoms with van der Waals surface area (Å²) in [5.41, 5.74) is 9.91. The van der Waals surface area contributed by atoms with Crippen molar-refractivity contribution in [3.8, 4) is 0 Å². The molecule has 3 rings (SSSR count). The Labute approximate surface area is 261 Å². The number of carboxylic acids is 3. The third-order valence-electron chi connectivity index (χ3n) is 4.79. The van der Waals surface area contributed by atoms with Crippen molar-refractivity contribution in [2.45, 2.75) is 32.4 Å². The number of nitrogens with zero attached hydrogens (tertiary/aromatic N) is 2. The fourth-order valence-corrected chi connectivity index (χ4v) is 4.01. The second-order valence-electron chi connectivity index (χ2n) is 8.44. The Kier molecular flexibility index (Phi) is 14.6. The van der Waals surface area contributed by atoms with E-state index in [1.165, 1.54) is 11.3 Å². The van der Waals surface area contributed by atoms with Crippen LogP contribution in [-0.2, 0) is 14.4 Å². The van der Waals surface area contributed by atoms with Gasteiger partial charge in [-0.25, -0.2) is 19.4 Å². The number of fused-ring (bicyclic) bond motifs is 1. The number of amides is 1. The Balaban J connectivity index is 0.000000786. The summed E-state index contributed by atoms with van der Waals surface area (Å²) in [5.74, 6) is -8.52. The van der Waals surface area contributed by atoms with E-state index in [2.05, 4.69) is 10.3 Å². The topological polar surface area (TPSA) is 183 Å². The zero-order valence-corrected chi connectivity index (χ0v) is 25.0. The molecule has 0 spiro atoms. The minimum atomic E-state index is -5.08. The molecule has 6 N–H and O–H groups in total. The smallest absolute Gasteiger partial charge is 0.475 e. The maximum absolute atomic E-state index is 12.8. The van der Waals surface area contributed by atoms with Gasteiger partial charge < -0.3 is 31.3 Å². The number of aliphatic carboxylic acids is 3. The van der Waals surface area contributed by atoms with Crippen LogP contribution in [0, 0.1) is 13.8 Å². The molecule has 11 nitrogen and oxygen atoms in total. The van der Waals surface area contributed by atoms with Gasteiger partial charge in [0, 0.05) is 19.5 Å². The second kappa shape index (κ2) is 16.2. The van der Waals surface area contributed by atoms with E-state index in [1.807, 2.05) is 57.1 Å². The van der Waals surface area contributed by atoms with Crippen LogP contribution in [0.5, 0.6) is 0 Å². The number of hydrogen-bond acceptors (Lipinski definition) is 8. The predicted octanol–water partition coefficient (Wildman–Crippen LogP) is 6.37. The van der Waals surface area contributed by atoms with Crippen LogP contribution in [0.4, 0.5) is 56.6 Å². The van der Waals surface area contributed by atoms with Crippen molar-refractivity contribution >= 4 is 74.0 Å². The molecule has 0 saturated heterocycles. The first kappa shape index (κ1) is 41.5. The van der Waals surface area contributed by atoms with Gasteiger partial charge in [0.15, 0.2) is 0 Å².